The monoisotopic (exact) mass is 251 g/mol. The summed E-state index contributed by atoms with van der Waals surface area (Å²) in [5.74, 6) is -2.77. The summed E-state index contributed by atoms with van der Waals surface area (Å²) in [7, 11) is 0. The molecule has 2 aliphatic carbocycles. The molecular weight excluding hydrogens is 234 g/mol. The van der Waals surface area contributed by atoms with Gasteiger partial charge in [0.05, 0.1) is 17.5 Å². The minimum Gasteiger partial charge on any atom is -0.481 e. The molecule has 5 nitrogen and oxygen atoms in total. The van der Waals surface area contributed by atoms with E-state index in [-0.39, 0.29) is 0 Å². The van der Waals surface area contributed by atoms with E-state index >= 15 is 0 Å². The normalized spacial score (nSPS) is 27.0. The summed E-state index contributed by atoms with van der Waals surface area (Å²) in [6.45, 7) is 0. The molecule has 0 aromatic heterocycles. The van der Waals surface area contributed by atoms with Crippen molar-refractivity contribution in [2.24, 2.45) is 17.0 Å². The number of aliphatic carboxylic acids is 1. The molecule has 0 aromatic carbocycles. The summed E-state index contributed by atoms with van der Waals surface area (Å²) >= 11 is 0. The highest BCUT2D eigenvalue weighted by molar-refractivity contribution is 5.87. The van der Waals surface area contributed by atoms with E-state index in [4.69, 9.17) is 9.94 Å². The molecular formula is C13H17NO4. The average molecular weight is 251 g/mol. The molecule has 0 aliphatic heterocycles. The Hall–Kier alpha value is -1.65. The number of rotatable bonds is 3. The number of allylic oxidation sites excluding steroid dienone is 2. The minimum atomic E-state index is -0.949. The highest BCUT2D eigenvalue weighted by Gasteiger charge is 2.35. The SMILES string of the molecule is O=C(O)[C@H]1CC=CC[C@H]1C(=O)ON=C1CCCC1. The van der Waals surface area contributed by atoms with Crippen molar-refractivity contribution >= 4 is 17.7 Å². The van der Waals surface area contributed by atoms with Crippen LogP contribution in [0.15, 0.2) is 17.3 Å². The maximum Gasteiger partial charge on any atom is 0.339 e. The van der Waals surface area contributed by atoms with Crippen LogP contribution in [-0.2, 0) is 14.4 Å². The Morgan fingerprint density at radius 2 is 1.78 bits per heavy atom. The molecule has 0 amide bonds. The summed E-state index contributed by atoms with van der Waals surface area (Å²) in [4.78, 5) is 27.8. The van der Waals surface area contributed by atoms with Gasteiger partial charge in [-0.2, -0.15) is 0 Å². The number of carbonyl (C=O) groups excluding carboxylic acids is 1. The smallest absolute Gasteiger partial charge is 0.339 e. The fourth-order valence-electron chi connectivity index (χ4n) is 2.40. The molecule has 1 N–H and O–H groups in total. The topological polar surface area (TPSA) is 76.0 Å². The Morgan fingerprint density at radius 3 is 2.39 bits per heavy atom. The molecule has 0 bridgehead atoms. The first kappa shape index (κ1) is 12.8. The molecule has 0 radical (unpaired) electrons. The van der Waals surface area contributed by atoms with Gasteiger partial charge in [0.2, 0.25) is 0 Å². The number of carboxylic acid groups (broad SMARTS) is 1. The van der Waals surface area contributed by atoms with E-state index in [0.717, 1.165) is 31.4 Å². The van der Waals surface area contributed by atoms with Gasteiger partial charge in [-0.25, -0.2) is 4.79 Å². The van der Waals surface area contributed by atoms with Crippen LogP contribution >= 0.6 is 0 Å². The third-order valence-corrected chi connectivity index (χ3v) is 3.50. The zero-order chi connectivity index (χ0) is 13.0. The third-order valence-electron chi connectivity index (χ3n) is 3.50. The first-order chi connectivity index (χ1) is 8.68. The van der Waals surface area contributed by atoms with Crippen LogP contribution in [-0.4, -0.2) is 22.8 Å². The lowest BCUT2D eigenvalue weighted by molar-refractivity contribution is -0.157. The van der Waals surface area contributed by atoms with Crippen molar-refractivity contribution in [1.29, 1.82) is 0 Å². The zero-order valence-corrected chi connectivity index (χ0v) is 10.2. The first-order valence-electron chi connectivity index (χ1n) is 6.33. The fraction of sp³-hybridized carbons (Fsp3) is 0.615. The Morgan fingerprint density at radius 1 is 1.17 bits per heavy atom. The van der Waals surface area contributed by atoms with Crippen molar-refractivity contribution in [3.63, 3.8) is 0 Å². The zero-order valence-electron chi connectivity index (χ0n) is 10.2. The highest BCUT2D eigenvalue weighted by atomic mass is 16.7. The summed E-state index contributed by atoms with van der Waals surface area (Å²) in [5.41, 5.74) is 0.904. The molecule has 2 rings (SSSR count). The molecule has 0 aromatic rings. The second kappa shape index (κ2) is 5.80. The quantitative estimate of drug-likeness (QED) is 0.473. The number of oxime groups is 1. The molecule has 98 valence electrons. The van der Waals surface area contributed by atoms with Crippen LogP contribution in [0.2, 0.25) is 0 Å². The van der Waals surface area contributed by atoms with Crippen molar-refractivity contribution in [2.75, 3.05) is 0 Å². The van der Waals surface area contributed by atoms with Gasteiger partial charge in [0.25, 0.3) is 0 Å². The molecule has 2 atom stereocenters. The molecule has 0 saturated heterocycles. The van der Waals surface area contributed by atoms with Gasteiger partial charge in [-0.05, 0) is 38.5 Å². The van der Waals surface area contributed by atoms with E-state index < -0.39 is 23.8 Å². The Balaban J connectivity index is 1.96. The first-order valence-corrected chi connectivity index (χ1v) is 6.33. The minimum absolute atomic E-state index is 0.381. The van der Waals surface area contributed by atoms with Crippen molar-refractivity contribution in [3.05, 3.63) is 12.2 Å². The Kier molecular flexibility index (Phi) is 4.12. The fourth-order valence-corrected chi connectivity index (χ4v) is 2.40. The van der Waals surface area contributed by atoms with Crippen LogP contribution in [0.3, 0.4) is 0 Å². The predicted molar refractivity (Wildman–Crippen MR) is 65.0 cm³/mol. The Bertz CT molecular complexity index is 392. The molecule has 0 spiro atoms. The predicted octanol–water partition coefficient (Wildman–Crippen LogP) is 2.13. The average Bonchev–Trinajstić information content (AvgIpc) is 2.89. The molecule has 0 unspecified atom stereocenters. The molecule has 0 heterocycles. The number of nitrogens with zero attached hydrogens (tertiary/aromatic N) is 1. The van der Waals surface area contributed by atoms with E-state index in [1.54, 1.807) is 6.08 Å². The van der Waals surface area contributed by atoms with Crippen molar-refractivity contribution in [3.8, 4) is 0 Å². The maximum atomic E-state index is 11.8. The number of carbonyl (C=O) groups is 2. The van der Waals surface area contributed by atoms with Crippen LogP contribution in [0, 0.1) is 11.8 Å². The van der Waals surface area contributed by atoms with Crippen LogP contribution in [0.4, 0.5) is 0 Å². The van der Waals surface area contributed by atoms with Gasteiger partial charge in [-0.3, -0.25) is 4.79 Å². The van der Waals surface area contributed by atoms with Gasteiger partial charge in [-0.15, -0.1) is 0 Å². The lowest BCUT2D eigenvalue weighted by atomic mass is 9.83. The van der Waals surface area contributed by atoms with Crippen LogP contribution < -0.4 is 0 Å². The van der Waals surface area contributed by atoms with E-state index in [1.165, 1.54) is 0 Å². The van der Waals surface area contributed by atoms with E-state index in [0.29, 0.717) is 12.8 Å². The highest BCUT2D eigenvalue weighted by Crippen LogP contribution is 2.27. The van der Waals surface area contributed by atoms with Gasteiger partial charge in [0.15, 0.2) is 0 Å². The Labute approximate surface area is 105 Å². The van der Waals surface area contributed by atoms with Gasteiger partial charge in [0, 0.05) is 0 Å². The number of hydrogen-bond donors (Lipinski definition) is 1. The summed E-state index contributed by atoms with van der Waals surface area (Å²) in [6, 6.07) is 0. The van der Waals surface area contributed by atoms with Crippen LogP contribution in [0.5, 0.6) is 0 Å². The third kappa shape index (κ3) is 2.97. The van der Waals surface area contributed by atoms with Crippen molar-refractivity contribution in [1.82, 2.24) is 0 Å². The van der Waals surface area contributed by atoms with Gasteiger partial charge >= 0.3 is 11.9 Å². The standard InChI is InChI=1S/C13H17NO4/c15-12(16)10-7-3-4-8-11(10)13(17)18-14-9-5-1-2-6-9/h3-4,10-11H,1-2,5-8H2,(H,15,16)/t10-,11+/m0/s1. The lowest BCUT2D eigenvalue weighted by Gasteiger charge is -2.21. The van der Waals surface area contributed by atoms with Gasteiger partial charge < -0.3 is 9.94 Å². The van der Waals surface area contributed by atoms with Gasteiger partial charge in [-0.1, -0.05) is 17.3 Å². The van der Waals surface area contributed by atoms with E-state index in [2.05, 4.69) is 5.16 Å². The van der Waals surface area contributed by atoms with Crippen LogP contribution in [0.25, 0.3) is 0 Å². The lowest BCUT2D eigenvalue weighted by Crippen LogP contribution is -2.31. The summed E-state index contributed by atoms with van der Waals surface area (Å²) in [5, 5.41) is 12.9. The summed E-state index contributed by atoms with van der Waals surface area (Å²) < 4.78 is 0. The van der Waals surface area contributed by atoms with Crippen molar-refractivity contribution in [2.45, 2.75) is 38.5 Å². The molecule has 1 saturated carbocycles. The largest absolute Gasteiger partial charge is 0.481 e. The molecule has 5 heteroatoms. The summed E-state index contributed by atoms with van der Waals surface area (Å²) in [6.07, 6.45) is 8.34. The second-order valence-corrected chi connectivity index (χ2v) is 4.77. The van der Waals surface area contributed by atoms with Crippen molar-refractivity contribution < 1.29 is 19.5 Å². The second-order valence-electron chi connectivity index (χ2n) is 4.77. The number of carboxylic acids is 1. The van der Waals surface area contributed by atoms with Crippen LogP contribution in [0.1, 0.15) is 38.5 Å². The number of hydrogen-bond acceptors (Lipinski definition) is 4. The van der Waals surface area contributed by atoms with E-state index in [9.17, 15) is 9.59 Å². The van der Waals surface area contributed by atoms with E-state index in [1.807, 2.05) is 6.08 Å². The molecule has 2 aliphatic rings. The maximum absolute atomic E-state index is 11.8. The molecule has 18 heavy (non-hydrogen) atoms. The van der Waals surface area contributed by atoms with Gasteiger partial charge in [0.1, 0.15) is 0 Å². The molecule has 1 fully saturated rings.